The first kappa shape index (κ1) is 29.8. The van der Waals surface area contributed by atoms with E-state index in [1.807, 2.05) is 0 Å². The number of carbonyl (C=O) groups excluding carboxylic acids is 1. The number of fused-ring (bicyclic) bond motifs is 3. The number of phenolic OH excluding ortho intramolecular Hbond substituents is 2. The molecule has 6 unspecified atom stereocenters. The van der Waals surface area contributed by atoms with Crippen molar-refractivity contribution in [2.75, 3.05) is 13.7 Å². The lowest BCUT2D eigenvalue weighted by Crippen LogP contribution is -2.61. The van der Waals surface area contributed by atoms with Gasteiger partial charge in [-0.15, -0.1) is 0 Å². The number of hydrogen-bond acceptors (Lipinski definition) is 14. The van der Waals surface area contributed by atoms with E-state index in [0.717, 1.165) is 6.07 Å². The number of phenols is 2. The van der Waals surface area contributed by atoms with Crippen LogP contribution in [0.4, 0.5) is 0 Å². The van der Waals surface area contributed by atoms with Crippen molar-refractivity contribution in [3.05, 3.63) is 41.5 Å². The topological polar surface area (TPSA) is 225 Å². The van der Waals surface area contributed by atoms with Gasteiger partial charge >= 0.3 is 0 Å². The highest BCUT2D eigenvalue weighted by molar-refractivity contribution is 6.02. The molecule has 0 aromatic heterocycles. The SMILES string of the molecule is COc1ccc(C2CC(=O)c3c(O)cc(O[C@@H]4OC(CO[C@@H]5CC6C[C@@]5(O)C(O)[C@H]6O)[C@@H](O)C(O)C4O)cc3O2)cc1O. The van der Waals surface area contributed by atoms with Crippen LogP contribution in [0.15, 0.2) is 30.3 Å². The molecule has 8 N–H and O–H groups in total. The molecule has 3 fully saturated rings. The number of rotatable bonds is 7. The van der Waals surface area contributed by atoms with E-state index < -0.39 is 72.3 Å². The Bertz CT molecular complexity index is 1380. The largest absolute Gasteiger partial charge is 0.507 e. The Morgan fingerprint density at radius 3 is 2.42 bits per heavy atom. The minimum atomic E-state index is -1.73. The van der Waals surface area contributed by atoms with Gasteiger partial charge in [-0.05, 0) is 36.5 Å². The molecule has 2 bridgehead atoms. The van der Waals surface area contributed by atoms with Gasteiger partial charge in [0, 0.05) is 12.1 Å². The second-order valence-corrected chi connectivity index (χ2v) is 11.6. The number of ketones is 1. The summed E-state index contributed by atoms with van der Waals surface area (Å²) in [6.07, 6.45) is -11.7. The minimum absolute atomic E-state index is 0.0254. The number of benzene rings is 2. The molecule has 2 aromatic rings. The van der Waals surface area contributed by atoms with Crippen molar-refractivity contribution in [3.63, 3.8) is 0 Å². The quantitative estimate of drug-likeness (QED) is 0.194. The van der Waals surface area contributed by atoms with E-state index in [-0.39, 0.29) is 60.3 Å². The molecule has 2 heterocycles. The average Bonchev–Trinajstić information content (AvgIpc) is 3.42. The Balaban J connectivity index is 1.17. The predicted molar refractivity (Wildman–Crippen MR) is 142 cm³/mol. The molecular formula is C29H34O14. The highest BCUT2D eigenvalue weighted by atomic mass is 16.7. The normalized spacial score (nSPS) is 38.4. The van der Waals surface area contributed by atoms with E-state index in [1.54, 1.807) is 6.07 Å². The molecule has 234 valence electrons. The summed E-state index contributed by atoms with van der Waals surface area (Å²) in [5.74, 6) is -1.25. The molecule has 2 aromatic carbocycles. The number of aliphatic hydroxyl groups excluding tert-OH is 5. The van der Waals surface area contributed by atoms with Crippen LogP contribution in [0.2, 0.25) is 0 Å². The number of methoxy groups -OCH3 is 1. The van der Waals surface area contributed by atoms with Crippen LogP contribution in [0.25, 0.3) is 0 Å². The molecule has 11 atom stereocenters. The molecule has 6 rings (SSSR count). The molecular weight excluding hydrogens is 572 g/mol. The third kappa shape index (κ3) is 5.07. The highest BCUT2D eigenvalue weighted by Crippen LogP contribution is 2.49. The average molecular weight is 607 g/mol. The lowest BCUT2D eigenvalue weighted by molar-refractivity contribution is -0.286. The lowest BCUT2D eigenvalue weighted by atomic mass is 9.89. The van der Waals surface area contributed by atoms with Crippen LogP contribution in [0.3, 0.4) is 0 Å². The Kier molecular flexibility index (Phi) is 7.67. The summed E-state index contributed by atoms with van der Waals surface area (Å²) in [4.78, 5) is 12.9. The van der Waals surface area contributed by atoms with Gasteiger partial charge in [0.05, 0.1) is 32.3 Å². The van der Waals surface area contributed by atoms with E-state index in [0.29, 0.717) is 5.56 Å². The van der Waals surface area contributed by atoms with Crippen molar-refractivity contribution in [1.82, 2.24) is 0 Å². The molecule has 4 aliphatic rings. The Morgan fingerprint density at radius 1 is 0.977 bits per heavy atom. The monoisotopic (exact) mass is 606 g/mol. The lowest BCUT2D eigenvalue weighted by Gasteiger charge is -2.42. The first-order chi connectivity index (χ1) is 20.4. The minimum Gasteiger partial charge on any atom is -0.507 e. The van der Waals surface area contributed by atoms with Crippen molar-refractivity contribution in [1.29, 1.82) is 0 Å². The van der Waals surface area contributed by atoms with Crippen molar-refractivity contribution < 1.29 is 69.3 Å². The van der Waals surface area contributed by atoms with Crippen molar-refractivity contribution in [3.8, 4) is 28.7 Å². The van der Waals surface area contributed by atoms with Crippen molar-refractivity contribution in [2.45, 2.75) is 80.0 Å². The number of aliphatic hydroxyl groups is 6. The molecule has 2 aliphatic heterocycles. The second-order valence-electron chi connectivity index (χ2n) is 11.6. The first-order valence-electron chi connectivity index (χ1n) is 13.9. The molecule has 2 saturated carbocycles. The fraction of sp³-hybridized carbons (Fsp3) is 0.552. The summed E-state index contributed by atoms with van der Waals surface area (Å²) in [5.41, 5.74) is -1.27. The van der Waals surface area contributed by atoms with Crippen LogP contribution in [-0.4, -0.2) is 115 Å². The van der Waals surface area contributed by atoms with Gasteiger partial charge in [0.25, 0.3) is 0 Å². The number of Topliss-reactive ketones (excluding diaryl/α,β-unsaturated/α-hetero) is 1. The van der Waals surface area contributed by atoms with E-state index in [2.05, 4.69) is 0 Å². The van der Waals surface area contributed by atoms with Gasteiger partial charge in [0.15, 0.2) is 17.3 Å². The molecule has 0 amide bonds. The molecule has 0 spiro atoms. The van der Waals surface area contributed by atoms with E-state index in [9.17, 15) is 45.6 Å². The summed E-state index contributed by atoms with van der Waals surface area (Å²) < 4.78 is 28.2. The summed E-state index contributed by atoms with van der Waals surface area (Å²) in [7, 11) is 1.40. The van der Waals surface area contributed by atoms with E-state index in [4.69, 9.17) is 23.7 Å². The summed E-state index contributed by atoms with van der Waals surface area (Å²) in [6.45, 7) is -0.350. The molecule has 14 nitrogen and oxygen atoms in total. The Morgan fingerprint density at radius 2 is 1.74 bits per heavy atom. The standard InChI is InChI=1S/C29H34O14/c1-39-17-3-2-11(4-14(17)30)18-8-16(32)22-15(31)6-13(7-19(22)42-18)41-28-26(36)25(35)24(34)20(43-28)10-40-21-5-12-9-29(21,38)27(37)23(12)33/h2-4,6-7,12,18,20-21,23-28,30-31,33-38H,5,8-10H2,1H3/t12?,18?,20?,21-,23+,24-,25?,26?,27?,28-,29+/m1/s1. The Hall–Kier alpha value is -3.21. The number of carbonyl (C=O) groups is 1. The summed E-state index contributed by atoms with van der Waals surface area (Å²) in [6, 6.07) is 6.98. The van der Waals surface area contributed by atoms with Crippen LogP contribution in [0.1, 0.15) is 41.3 Å². The Labute approximate surface area is 245 Å². The van der Waals surface area contributed by atoms with Crippen LogP contribution >= 0.6 is 0 Å². The van der Waals surface area contributed by atoms with Crippen molar-refractivity contribution in [2.24, 2.45) is 5.92 Å². The molecule has 0 radical (unpaired) electrons. The van der Waals surface area contributed by atoms with Crippen molar-refractivity contribution >= 4 is 5.78 Å². The number of aromatic hydroxyl groups is 2. The summed E-state index contributed by atoms with van der Waals surface area (Å²) >= 11 is 0. The number of ether oxygens (including phenoxy) is 5. The maximum atomic E-state index is 12.9. The maximum Gasteiger partial charge on any atom is 0.229 e. The molecule has 43 heavy (non-hydrogen) atoms. The van der Waals surface area contributed by atoms with Gasteiger partial charge in [-0.25, -0.2) is 0 Å². The van der Waals surface area contributed by atoms with Gasteiger partial charge in [0.2, 0.25) is 6.29 Å². The van der Waals surface area contributed by atoms with Gasteiger partial charge in [-0.3, -0.25) is 4.79 Å². The smallest absolute Gasteiger partial charge is 0.229 e. The van der Waals surface area contributed by atoms with E-state index >= 15 is 0 Å². The first-order valence-corrected chi connectivity index (χ1v) is 13.9. The van der Waals surface area contributed by atoms with Crippen LogP contribution in [0.5, 0.6) is 28.7 Å². The second kappa shape index (κ2) is 11.1. The fourth-order valence-electron chi connectivity index (χ4n) is 6.52. The zero-order valence-electron chi connectivity index (χ0n) is 23.0. The molecule has 1 saturated heterocycles. The third-order valence-electron chi connectivity index (χ3n) is 8.91. The molecule has 14 heteroatoms. The summed E-state index contributed by atoms with van der Waals surface area (Å²) in [5, 5.41) is 83.4. The van der Waals surface area contributed by atoms with Gasteiger partial charge in [-0.2, -0.15) is 0 Å². The van der Waals surface area contributed by atoms with E-state index in [1.165, 1.54) is 25.3 Å². The van der Waals surface area contributed by atoms with Gasteiger partial charge in [0.1, 0.15) is 65.0 Å². The highest BCUT2D eigenvalue weighted by Gasteiger charge is 2.62. The van der Waals surface area contributed by atoms with Gasteiger partial charge in [-0.1, -0.05) is 6.07 Å². The molecule has 2 aliphatic carbocycles. The maximum absolute atomic E-state index is 12.9. The third-order valence-corrected chi connectivity index (χ3v) is 8.91. The van der Waals surface area contributed by atoms with Gasteiger partial charge < -0.3 is 64.5 Å². The fourth-order valence-corrected chi connectivity index (χ4v) is 6.52. The number of hydrogen-bond donors (Lipinski definition) is 8. The zero-order chi connectivity index (χ0) is 30.8. The zero-order valence-corrected chi connectivity index (χ0v) is 23.0. The van der Waals surface area contributed by atoms with Crippen LogP contribution < -0.4 is 14.2 Å². The predicted octanol–water partition coefficient (Wildman–Crippen LogP) is -0.739. The van der Waals surface area contributed by atoms with Crippen LogP contribution in [0, 0.1) is 5.92 Å². The van der Waals surface area contributed by atoms with Crippen LogP contribution in [-0.2, 0) is 9.47 Å².